The van der Waals surface area contributed by atoms with Gasteiger partial charge in [-0.25, -0.2) is 13.6 Å². The molecule has 0 atom stereocenters. The maximum absolute atomic E-state index is 10.7. The first-order valence-electron chi connectivity index (χ1n) is 4.85. The molecule has 16 heavy (non-hydrogen) atoms. The van der Waals surface area contributed by atoms with E-state index in [-0.39, 0.29) is 12.3 Å². The summed E-state index contributed by atoms with van der Waals surface area (Å²) in [5.41, 5.74) is 0. The molecule has 0 spiro atoms. The minimum Gasteiger partial charge on any atom is -0.478 e. The summed E-state index contributed by atoms with van der Waals surface area (Å²) in [5.74, 6) is 0.936. The van der Waals surface area contributed by atoms with Gasteiger partial charge in [0.05, 0.1) is 12.4 Å². The highest BCUT2D eigenvalue weighted by atomic mass is 32.2. The van der Waals surface area contributed by atoms with Crippen LogP contribution in [0.25, 0.3) is 0 Å². The van der Waals surface area contributed by atoms with Crippen molar-refractivity contribution in [1.82, 2.24) is 4.98 Å². The molecule has 0 fully saturated rings. The van der Waals surface area contributed by atoms with Crippen molar-refractivity contribution < 1.29 is 13.2 Å². The zero-order chi connectivity index (χ0) is 12.0. The summed E-state index contributed by atoms with van der Waals surface area (Å²) in [6.45, 7) is 2.62. The maximum Gasteiger partial charge on any atom is 0.215 e. The number of nitrogens with zero attached hydrogens (tertiary/aromatic N) is 1. The Hall–Kier alpha value is -1.34. The highest BCUT2D eigenvalue weighted by Crippen LogP contribution is 2.10. The second-order valence-corrected chi connectivity index (χ2v) is 4.82. The number of aromatic nitrogens is 1. The Labute approximate surface area is 94.9 Å². The second kappa shape index (κ2) is 5.66. The summed E-state index contributed by atoms with van der Waals surface area (Å²) in [4.78, 5) is 4.11. The number of nitrogens with two attached hydrogens (primary N) is 1. The molecule has 90 valence electrons. The lowest BCUT2D eigenvalue weighted by molar-refractivity contribution is 0.327. The molecule has 1 rings (SSSR count). The van der Waals surface area contributed by atoms with Crippen LogP contribution in [-0.2, 0) is 10.0 Å². The highest BCUT2D eigenvalue weighted by molar-refractivity contribution is 7.89. The lowest BCUT2D eigenvalue weighted by Gasteiger charge is -2.06. The van der Waals surface area contributed by atoms with Crippen molar-refractivity contribution in [2.45, 2.75) is 6.92 Å². The van der Waals surface area contributed by atoms with Gasteiger partial charge < -0.3 is 10.1 Å². The van der Waals surface area contributed by atoms with Crippen molar-refractivity contribution in [3.63, 3.8) is 0 Å². The van der Waals surface area contributed by atoms with Gasteiger partial charge in [0.1, 0.15) is 5.82 Å². The van der Waals surface area contributed by atoms with Crippen LogP contribution < -0.4 is 15.2 Å². The van der Waals surface area contributed by atoms with Crippen molar-refractivity contribution in [3.05, 3.63) is 18.2 Å². The van der Waals surface area contributed by atoms with Gasteiger partial charge >= 0.3 is 0 Å². The second-order valence-electron chi connectivity index (χ2n) is 3.09. The number of nitrogens with one attached hydrogen (secondary N) is 1. The molecule has 0 saturated carbocycles. The zero-order valence-electron chi connectivity index (χ0n) is 9.01. The van der Waals surface area contributed by atoms with E-state index in [1.54, 1.807) is 18.2 Å². The molecule has 0 aliphatic carbocycles. The Bertz CT molecular complexity index is 433. The molecule has 0 saturated heterocycles. The molecule has 7 heteroatoms. The fourth-order valence-corrected chi connectivity index (χ4v) is 1.45. The fraction of sp³-hybridized carbons (Fsp3) is 0.444. The van der Waals surface area contributed by atoms with Crippen LogP contribution in [-0.4, -0.2) is 32.3 Å². The van der Waals surface area contributed by atoms with Crippen LogP contribution in [0.2, 0.25) is 0 Å². The van der Waals surface area contributed by atoms with Gasteiger partial charge in [0.2, 0.25) is 15.9 Å². The van der Waals surface area contributed by atoms with Gasteiger partial charge in [0, 0.05) is 12.6 Å². The molecule has 0 aliphatic heterocycles. The SMILES string of the molecule is CCOc1cccc(NCCS(N)(=O)=O)n1. The first-order chi connectivity index (χ1) is 7.51. The summed E-state index contributed by atoms with van der Waals surface area (Å²) < 4.78 is 26.6. The number of hydrogen-bond acceptors (Lipinski definition) is 5. The first kappa shape index (κ1) is 12.7. The number of sulfonamides is 1. The predicted octanol–water partition coefficient (Wildman–Crippen LogP) is 0.181. The van der Waals surface area contributed by atoms with Crippen LogP contribution in [0.4, 0.5) is 5.82 Å². The molecule has 6 nitrogen and oxygen atoms in total. The van der Waals surface area contributed by atoms with Crippen molar-refractivity contribution in [2.24, 2.45) is 5.14 Å². The van der Waals surface area contributed by atoms with Gasteiger partial charge in [-0.05, 0) is 13.0 Å². The maximum atomic E-state index is 10.7. The Morgan fingerprint density at radius 2 is 2.25 bits per heavy atom. The molecule has 0 radical (unpaired) electrons. The molecule has 0 unspecified atom stereocenters. The average Bonchev–Trinajstić information content (AvgIpc) is 2.17. The molecule has 0 aromatic carbocycles. The summed E-state index contributed by atoms with van der Waals surface area (Å²) >= 11 is 0. The number of pyridine rings is 1. The lowest BCUT2D eigenvalue weighted by atomic mass is 10.4. The van der Waals surface area contributed by atoms with Crippen LogP contribution in [0.1, 0.15) is 6.92 Å². The minimum absolute atomic E-state index is 0.131. The largest absolute Gasteiger partial charge is 0.478 e. The minimum atomic E-state index is -3.44. The molecule has 0 bridgehead atoms. The van der Waals surface area contributed by atoms with Crippen LogP contribution in [0, 0.1) is 0 Å². The third-order valence-corrected chi connectivity index (χ3v) is 2.48. The van der Waals surface area contributed by atoms with Gasteiger partial charge in [-0.3, -0.25) is 0 Å². The molecule has 1 heterocycles. The quantitative estimate of drug-likeness (QED) is 0.745. The fourth-order valence-electron chi connectivity index (χ4n) is 1.06. The van der Waals surface area contributed by atoms with E-state index in [1.807, 2.05) is 6.92 Å². The van der Waals surface area contributed by atoms with E-state index in [2.05, 4.69) is 10.3 Å². The van der Waals surface area contributed by atoms with E-state index in [1.165, 1.54) is 0 Å². The average molecular weight is 245 g/mol. The Kier molecular flexibility index (Phi) is 4.51. The molecule has 0 aliphatic rings. The van der Waals surface area contributed by atoms with Crippen LogP contribution in [0.5, 0.6) is 5.88 Å². The normalized spacial score (nSPS) is 11.1. The van der Waals surface area contributed by atoms with Gasteiger partial charge in [0.15, 0.2) is 0 Å². The van der Waals surface area contributed by atoms with Crippen molar-refractivity contribution in [2.75, 3.05) is 24.2 Å². The van der Waals surface area contributed by atoms with Crippen LogP contribution in [0.15, 0.2) is 18.2 Å². The summed E-state index contributed by atoms with van der Waals surface area (Å²) in [5, 5.41) is 7.71. The van der Waals surface area contributed by atoms with Crippen molar-refractivity contribution in [3.8, 4) is 5.88 Å². The van der Waals surface area contributed by atoms with E-state index >= 15 is 0 Å². The summed E-state index contributed by atoms with van der Waals surface area (Å²) in [6, 6.07) is 5.23. The third-order valence-electron chi connectivity index (χ3n) is 1.71. The van der Waals surface area contributed by atoms with Crippen molar-refractivity contribution >= 4 is 15.8 Å². The van der Waals surface area contributed by atoms with Crippen LogP contribution in [0.3, 0.4) is 0 Å². The van der Waals surface area contributed by atoms with E-state index in [9.17, 15) is 8.42 Å². The monoisotopic (exact) mass is 245 g/mol. The Morgan fingerprint density at radius 3 is 2.88 bits per heavy atom. The zero-order valence-corrected chi connectivity index (χ0v) is 9.83. The first-order valence-corrected chi connectivity index (χ1v) is 6.57. The van der Waals surface area contributed by atoms with E-state index in [0.717, 1.165) is 0 Å². The van der Waals surface area contributed by atoms with Gasteiger partial charge in [-0.2, -0.15) is 4.98 Å². The number of rotatable bonds is 6. The molecule has 1 aromatic rings. The van der Waals surface area contributed by atoms with E-state index < -0.39 is 10.0 Å². The van der Waals surface area contributed by atoms with Crippen molar-refractivity contribution in [1.29, 1.82) is 0 Å². The molecular formula is C9H15N3O3S. The number of anilines is 1. The molecule has 3 N–H and O–H groups in total. The molecular weight excluding hydrogens is 230 g/mol. The summed E-state index contributed by atoms with van der Waals surface area (Å²) in [6.07, 6.45) is 0. The third kappa shape index (κ3) is 4.94. The standard InChI is InChI=1S/C9H15N3O3S/c1-2-15-9-5-3-4-8(12-9)11-6-7-16(10,13)14/h3-5H,2,6-7H2,1H3,(H,11,12)(H2,10,13,14). The van der Waals surface area contributed by atoms with Gasteiger partial charge in [-0.15, -0.1) is 0 Å². The van der Waals surface area contributed by atoms with Gasteiger partial charge in [-0.1, -0.05) is 6.07 Å². The summed E-state index contributed by atoms with van der Waals surface area (Å²) in [7, 11) is -3.44. The van der Waals surface area contributed by atoms with Crippen LogP contribution >= 0.6 is 0 Å². The molecule has 0 amide bonds. The smallest absolute Gasteiger partial charge is 0.215 e. The lowest BCUT2D eigenvalue weighted by Crippen LogP contribution is -2.22. The topological polar surface area (TPSA) is 94.3 Å². The van der Waals surface area contributed by atoms with E-state index in [4.69, 9.17) is 9.88 Å². The number of primary sulfonamides is 1. The Balaban J connectivity index is 2.51. The molecule has 1 aromatic heterocycles. The number of hydrogen-bond donors (Lipinski definition) is 2. The van der Waals surface area contributed by atoms with Gasteiger partial charge in [0.25, 0.3) is 0 Å². The number of ether oxygens (including phenoxy) is 1. The van der Waals surface area contributed by atoms with E-state index in [0.29, 0.717) is 18.3 Å². The Morgan fingerprint density at radius 1 is 1.50 bits per heavy atom. The highest BCUT2D eigenvalue weighted by Gasteiger charge is 2.02. The predicted molar refractivity (Wildman–Crippen MR) is 61.9 cm³/mol.